The quantitative estimate of drug-likeness (QED) is 0.339. The van der Waals surface area contributed by atoms with Crippen molar-refractivity contribution in [3.8, 4) is 11.5 Å². The first-order valence-electron chi connectivity index (χ1n) is 10.4. The normalized spacial score (nSPS) is 17.8. The van der Waals surface area contributed by atoms with Gasteiger partial charge in [-0.1, -0.05) is 18.7 Å². The van der Waals surface area contributed by atoms with E-state index in [0.717, 1.165) is 28.7 Å². The number of rotatable bonds is 4. The molecule has 1 aliphatic heterocycles. The standard InChI is InChI=1S/C22H20N4O3S2/c1-12-2-4-14-18(8-12)31-21-19(14)20-24-25-22(26(20)11-23-21)30-10-15(27)13-3-5-16-17(9-13)29-7-6-28-16/h3,5,9,11-12H,2,4,6-8,10H2,1H3/t12-/m1/s1. The van der Waals surface area contributed by atoms with Crippen LogP contribution in [0.1, 0.15) is 34.1 Å². The number of nitrogens with zero attached hydrogens (tertiary/aromatic N) is 4. The molecule has 1 aromatic carbocycles. The number of ketones is 1. The highest BCUT2D eigenvalue weighted by molar-refractivity contribution is 7.99. The highest BCUT2D eigenvalue weighted by atomic mass is 32.2. The number of fused-ring (bicyclic) bond motifs is 6. The van der Waals surface area contributed by atoms with E-state index in [0.29, 0.717) is 41.4 Å². The van der Waals surface area contributed by atoms with Crippen LogP contribution >= 0.6 is 23.1 Å². The van der Waals surface area contributed by atoms with Crippen LogP contribution in [-0.4, -0.2) is 44.3 Å². The molecule has 0 N–H and O–H groups in total. The number of hydrogen-bond acceptors (Lipinski definition) is 8. The molecule has 0 radical (unpaired) electrons. The van der Waals surface area contributed by atoms with Crippen molar-refractivity contribution in [3.05, 3.63) is 40.5 Å². The van der Waals surface area contributed by atoms with Crippen molar-refractivity contribution in [2.24, 2.45) is 5.92 Å². The van der Waals surface area contributed by atoms with Gasteiger partial charge in [0, 0.05) is 10.4 Å². The summed E-state index contributed by atoms with van der Waals surface area (Å²) in [6, 6.07) is 5.32. The van der Waals surface area contributed by atoms with Crippen molar-refractivity contribution in [1.82, 2.24) is 19.6 Å². The van der Waals surface area contributed by atoms with Gasteiger partial charge < -0.3 is 9.47 Å². The average molecular weight is 453 g/mol. The van der Waals surface area contributed by atoms with E-state index in [4.69, 9.17) is 9.47 Å². The summed E-state index contributed by atoms with van der Waals surface area (Å²) in [6.07, 6.45) is 5.15. The topological polar surface area (TPSA) is 78.6 Å². The summed E-state index contributed by atoms with van der Waals surface area (Å²) >= 11 is 3.16. The fourth-order valence-electron chi connectivity index (χ4n) is 4.25. The van der Waals surface area contributed by atoms with Gasteiger partial charge in [0.2, 0.25) is 0 Å². The Hall–Kier alpha value is -2.65. The van der Waals surface area contributed by atoms with Crippen LogP contribution in [0.25, 0.3) is 15.9 Å². The highest BCUT2D eigenvalue weighted by Crippen LogP contribution is 2.39. The third-order valence-corrected chi connectivity index (χ3v) is 7.97. The van der Waals surface area contributed by atoms with Gasteiger partial charge in [0.25, 0.3) is 0 Å². The van der Waals surface area contributed by atoms with Crippen molar-refractivity contribution < 1.29 is 14.3 Å². The smallest absolute Gasteiger partial charge is 0.197 e. The first-order valence-corrected chi connectivity index (χ1v) is 12.2. The van der Waals surface area contributed by atoms with E-state index in [1.807, 2.05) is 4.40 Å². The van der Waals surface area contributed by atoms with Crippen LogP contribution in [0.4, 0.5) is 0 Å². The second-order valence-electron chi connectivity index (χ2n) is 8.02. The zero-order valence-corrected chi connectivity index (χ0v) is 18.6. The second-order valence-corrected chi connectivity index (χ2v) is 10.0. The highest BCUT2D eigenvalue weighted by Gasteiger charge is 2.24. The summed E-state index contributed by atoms with van der Waals surface area (Å²) in [6.45, 7) is 3.34. The van der Waals surface area contributed by atoms with Crippen LogP contribution in [-0.2, 0) is 12.8 Å². The number of carbonyl (C=O) groups excluding carboxylic acids is 1. The molecule has 2 aliphatic rings. The summed E-state index contributed by atoms with van der Waals surface area (Å²) < 4.78 is 13.0. The third-order valence-electron chi connectivity index (χ3n) is 5.87. The molecule has 4 heterocycles. The number of thiophene rings is 1. The molecule has 0 saturated heterocycles. The van der Waals surface area contributed by atoms with E-state index in [2.05, 4.69) is 22.1 Å². The zero-order valence-electron chi connectivity index (χ0n) is 17.0. The predicted octanol–water partition coefficient (Wildman–Crippen LogP) is 4.21. The maximum atomic E-state index is 12.8. The van der Waals surface area contributed by atoms with Gasteiger partial charge in [0.05, 0.1) is 11.1 Å². The Bertz CT molecular complexity index is 1330. The molecule has 3 aromatic heterocycles. The third kappa shape index (κ3) is 3.27. The molecule has 7 nitrogen and oxygen atoms in total. The first kappa shape index (κ1) is 19.1. The van der Waals surface area contributed by atoms with Crippen molar-refractivity contribution in [3.63, 3.8) is 0 Å². The SMILES string of the molecule is C[C@@H]1CCc2c(sc3ncn4c(SCC(=O)c5ccc6c(c5)OCCO6)nnc4c23)C1. The molecular formula is C22H20N4O3S2. The maximum absolute atomic E-state index is 12.8. The molecule has 0 spiro atoms. The summed E-state index contributed by atoms with van der Waals surface area (Å²) in [7, 11) is 0. The molecule has 4 aromatic rings. The molecular weight excluding hydrogens is 432 g/mol. The number of Topliss-reactive ketones (excluding diaryl/α,β-unsaturated/α-hetero) is 1. The average Bonchev–Trinajstić information content (AvgIpc) is 3.37. The van der Waals surface area contributed by atoms with Crippen molar-refractivity contribution >= 4 is 44.7 Å². The Balaban J connectivity index is 1.27. The summed E-state index contributed by atoms with van der Waals surface area (Å²) in [4.78, 5) is 19.9. The van der Waals surface area contributed by atoms with Gasteiger partial charge in [0.1, 0.15) is 24.4 Å². The van der Waals surface area contributed by atoms with Crippen LogP contribution in [0.2, 0.25) is 0 Å². The summed E-state index contributed by atoms with van der Waals surface area (Å²) in [5.74, 6) is 2.29. The predicted molar refractivity (Wildman–Crippen MR) is 120 cm³/mol. The Morgan fingerprint density at radius 2 is 2.13 bits per heavy atom. The van der Waals surface area contributed by atoms with Crippen LogP contribution < -0.4 is 9.47 Å². The van der Waals surface area contributed by atoms with Gasteiger partial charge in [0.15, 0.2) is 28.1 Å². The van der Waals surface area contributed by atoms with Crippen molar-refractivity contribution in [2.75, 3.05) is 19.0 Å². The number of aromatic nitrogens is 4. The van der Waals surface area contributed by atoms with E-state index < -0.39 is 0 Å². The molecule has 0 bridgehead atoms. The van der Waals surface area contributed by atoms with Crippen LogP contribution in [0.3, 0.4) is 0 Å². The maximum Gasteiger partial charge on any atom is 0.197 e. The number of carbonyl (C=O) groups is 1. The van der Waals surface area contributed by atoms with Gasteiger partial charge in [-0.25, -0.2) is 4.98 Å². The Morgan fingerprint density at radius 3 is 3.03 bits per heavy atom. The molecule has 0 unspecified atom stereocenters. The fourth-order valence-corrected chi connectivity index (χ4v) is 6.39. The monoisotopic (exact) mass is 452 g/mol. The molecule has 1 atom stereocenters. The van der Waals surface area contributed by atoms with E-state index in [-0.39, 0.29) is 11.5 Å². The Labute approximate surface area is 186 Å². The van der Waals surface area contributed by atoms with Gasteiger partial charge in [-0.2, -0.15) is 0 Å². The lowest BCUT2D eigenvalue weighted by atomic mass is 9.89. The lowest BCUT2D eigenvalue weighted by molar-refractivity contribution is 0.102. The molecule has 6 rings (SSSR count). The largest absolute Gasteiger partial charge is 0.486 e. The van der Waals surface area contributed by atoms with Crippen molar-refractivity contribution in [2.45, 2.75) is 31.3 Å². The lowest BCUT2D eigenvalue weighted by Crippen LogP contribution is -2.16. The number of hydrogen-bond donors (Lipinski definition) is 0. The first-order chi connectivity index (χ1) is 15.2. The van der Waals surface area contributed by atoms with Gasteiger partial charge >= 0.3 is 0 Å². The second kappa shape index (κ2) is 7.49. The molecule has 9 heteroatoms. The minimum atomic E-state index is 0.00895. The molecule has 0 saturated carbocycles. The van der Waals surface area contributed by atoms with E-state index in [9.17, 15) is 4.79 Å². The number of ether oxygens (including phenoxy) is 2. The van der Waals surface area contributed by atoms with Crippen LogP contribution in [0.5, 0.6) is 11.5 Å². The number of aryl methyl sites for hydroxylation is 1. The van der Waals surface area contributed by atoms with Crippen LogP contribution in [0, 0.1) is 5.92 Å². The zero-order chi connectivity index (χ0) is 20.9. The van der Waals surface area contributed by atoms with Gasteiger partial charge in [-0.15, -0.1) is 21.5 Å². The van der Waals surface area contributed by atoms with Crippen LogP contribution in [0.15, 0.2) is 29.7 Å². The minimum absolute atomic E-state index is 0.00895. The minimum Gasteiger partial charge on any atom is -0.486 e. The molecule has 0 amide bonds. The molecule has 158 valence electrons. The summed E-state index contributed by atoms with van der Waals surface area (Å²) in [5.41, 5.74) is 2.82. The summed E-state index contributed by atoms with van der Waals surface area (Å²) in [5, 5.41) is 10.6. The van der Waals surface area contributed by atoms with E-state index >= 15 is 0 Å². The molecule has 31 heavy (non-hydrogen) atoms. The van der Waals surface area contributed by atoms with Gasteiger partial charge in [-0.3, -0.25) is 9.20 Å². The van der Waals surface area contributed by atoms with E-state index in [1.54, 1.807) is 35.9 Å². The number of thioether (sulfide) groups is 1. The Morgan fingerprint density at radius 1 is 1.26 bits per heavy atom. The Kier molecular flexibility index (Phi) is 4.61. The molecule has 1 aliphatic carbocycles. The molecule has 0 fully saturated rings. The van der Waals surface area contributed by atoms with Crippen molar-refractivity contribution in [1.29, 1.82) is 0 Å². The fraction of sp³-hybridized carbons (Fsp3) is 0.364. The van der Waals surface area contributed by atoms with E-state index in [1.165, 1.54) is 28.6 Å². The number of benzene rings is 1. The lowest BCUT2D eigenvalue weighted by Gasteiger charge is -2.18. The van der Waals surface area contributed by atoms with Gasteiger partial charge in [-0.05, 0) is 48.9 Å².